The Labute approximate surface area is 114 Å². The van der Waals surface area contributed by atoms with Gasteiger partial charge in [-0.15, -0.1) is 0 Å². The van der Waals surface area contributed by atoms with Gasteiger partial charge in [0.05, 0.1) is 5.69 Å². The summed E-state index contributed by atoms with van der Waals surface area (Å²) in [6, 6.07) is 7.83. The number of aryl methyl sites for hydroxylation is 2. The third-order valence-electron chi connectivity index (χ3n) is 2.44. The molecule has 0 saturated heterocycles. The first-order chi connectivity index (χ1) is 8.11. The summed E-state index contributed by atoms with van der Waals surface area (Å²) in [5, 5.41) is 4.31. The lowest BCUT2D eigenvalue weighted by Gasteiger charge is -2.08. The Morgan fingerprint density at radius 3 is 2.88 bits per heavy atom. The van der Waals surface area contributed by atoms with Gasteiger partial charge in [0.1, 0.15) is 11.4 Å². The number of benzene rings is 1. The Hall–Kier alpha value is -1.24. The topological polar surface area (TPSA) is 53.1 Å². The molecule has 0 bridgehead atoms. The van der Waals surface area contributed by atoms with Crippen LogP contribution in [0.25, 0.3) is 0 Å². The first-order valence-corrected chi connectivity index (χ1v) is 6.46. The predicted molar refractivity (Wildman–Crippen MR) is 76.3 cm³/mol. The van der Waals surface area contributed by atoms with Crippen LogP contribution >= 0.6 is 22.6 Å². The van der Waals surface area contributed by atoms with Crippen LogP contribution in [-0.2, 0) is 6.54 Å². The van der Waals surface area contributed by atoms with E-state index in [1.54, 1.807) is 4.68 Å². The molecule has 1 aromatic heterocycles. The SMILES string of the molecule is CCn1nc(C)c(N)c1Oc1cccc(I)c1. The minimum Gasteiger partial charge on any atom is -0.437 e. The number of aromatic nitrogens is 2. The van der Waals surface area contributed by atoms with Crippen molar-refractivity contribution in [2.45, 2.75) is 20.4 Å². The molecule has 90 valence electrons. The molecule has 0 radical (unpaired) electrons. The third-order valence-corrected chi connectivity index (χ3v) is 3.11. The highest BCUT2D eigenvalue weighted by atomic mass is 127. The largest absolute Gasteiger partial charge is 0.437 e. The van der Waals surface area contributed by atoms with Crippen LogP contribution in [0, 0.1) is 10.5 Å². The van der Waals surface area contributed by atoms with Crippen LogP contribution in [0.4, 0.5) is 5.69 Å². The zero-order valence-electron chi connectivity index (χ0n) is 9.77. The van der Waals surface area contributed by atoms with E-state index in [1.165, 1.54) is 0 Å². The minimum absolute atomic E-state index is 0.603. The quantitative estimate of drug-likeness (QED) is 0.871. The molecule has 0 spiro atoms. The van der Waals surface area contributed by atoms with E-state index >= 15 is 0 Å². The van der Waals surface area contributed by atoms with Gasteiger partial charge in [-0.1, -0.05) is 6.07 Å². The van der Waals surface area contributed by atoms with Gasteiger partial charge in [0.15, 0.2) is 0 Å². The molecule has 2 rings (SSSR count). The number of rotatable bonds is 3. The molecule has 0 fully saturated rings. The first kappa shape index (κ1) is 12.2. The Bertz CT molecular complexity index is 537. The number of hydrogen-bond acceptors (Lipinski definition) is 3. The lowest BCUT2D eigenvalue weighted by atomic mass is 10.3. The van der Waals surface area contributed by atoms with Crippen molar-refractivity contribution in [2.75, 3.05) is 5.73 Å². The van der Waals surface area contributed by atoms with Crippen molar-refractivity contribution in [3.63, 3.8) is 0 Å². The number of halogens is 1. The number of nitrogens with two attached hydrogens (primary N) is 1. The summed E-state index contributed by atoms with van der Waals surface area (Å²) >= 11 is 2.25. The molecule has 2 aromatic rings. The van der Waals surface area contributed by atoms with Crippen molar-refractivity contribution in [2.24, 2.45) is 0 Å². The molecular formula is C12H14IN3O. The molecule has 1 aromatic carbocycles. The Morgan fingerprint density at radius 1 is 1.47 bits per heavy atom. The number of ether oxygens (including phenoxy) is 1. The number of hydrogen-bond donors (Lipinski definition) is 1. The average Bonchev–Trinajstić information content (AvgIpc) is 2.57. The summed E-state index contributed by atoms with van der Waals surface area (Å²) < 4.78 is 8.69. The van der Waals surface area contributed by atoms with Crippen LogP contribution in [0.2, 0.25) is 0 Å². The van der Waals surface area contributed by atoms with Crippen molar-refractivity contribution in [3.05, 3.63) is 33.5 Å². The summed E-state index contributed by atoms with van der Waals surface area (Å²) in [7, 11) is 0. The van der Waals surface area contributed by atoms with Crippen molar-refractivity contribution in [1.29, 1.82) is 0 Å². The lowest BCUT2D eigenvalue weighted by molar-refractivity contribution is 0.418. The van der Waals surface area contributed by atoms with Crippen LogP contribution in [0.3, 0.4) is 0 Å². The predicted octanol–water partition coefficient (Wildman–Crippen LogP) is 3.19. The highest BCUT2D eigenvalue weighted by Crippen LogP contribution is 2.30. The summed E-state index contributed by atoms with van der Waals surface area (Å²) in [5.74, 6) is 1.39. The van der Waals surface area contributed by atoms with Gasteiger partial charge >= 0.3 is 0 Å². The molecule has 0 amide bonds. The molecule has 0 aliphatic heterocycles. The van der Waals surface area contributed by atoms with E-state index in [9.17, 15) is 0 Å². The second-order valence-electron chi connectivity index (χ2n) is 3.68. The Balaban J connectivity index is 2.35. The van der Waals surface area contributed by atoms with Crippen molar-refractivity contribution < 1.29 is 4.74 Å². The van der Waals surface area contributed by atoms with Crippen LogP contribution in [0.15, 0.2) is 24.3 Å². The fraction of sp³-hybridized carbons (Fsp3) is 0.250. The molecule has 0 saturated carbocycles. The fourth-order valence-electron chi connectivity index (χ4n) is 1.54. The van der Waals surface area contributed by atoms with E-state index in [-0.39, 0.29) is 0 Å². The summed E-state index contributed by atoms with van der Waals surface area (Å²) in [6.07, 6.45) is 0. The molecule has 17 heavy (non-hydrogen) atoms. The van der Waals surface area contributed by atoms with Gasteiger partial charge in [-0.25, -0.2) is 4.68 Å². The molecule has 5 heteroatoms. The van der Waals surface area contributed by atoms with Gasteiger partial charge in [0, 0.05) is 10.1 Å². The highest BCUT2D eigenvalue weighted by Gasteiger charge is 2.13. The van der Waals surface area contributed by atoms with Gasteiger partial charge in [0.25, 0.3) is 0 Å². The third kappa shape index (κ3) is 2.54. The van der Waals surface area contributed by atoms with E-state index < -0.39 is 0 Å². The second kappa shape index (κ2) is 4.95. The first-order valence-electron chi connectivity index (χ1n) is 5.38. The molecule has 0 atom stereocenters. The molecule has 1 heterocycles. The average molecular weight is 343 g/mol. The Morgan fingerprint density at radius 2 is 2.24 bits per heavy atom. The van der Waals surface area contributed by atoms with Crippen molar-refractivity contribution in [3.8, 4) is 11.6 Å². The van der Waals surface area contributed by atoms with E-state index in [0.717, 1.165) is 21.6 Å². The highest BCUT2D eigenvalue weighted by molar-refractivity contribution is 14.1. The van der Waals surface area contributed by atoms with Crippen LogP contribution in [0.1, 0.15) is 12.6 Å². The van der Waals surface area contributed by atoms with Crippen molar-refractivity contribution >= 4 is 28.3 Å². The molecule has 4 nitrogen and oxygen atoms in total. The number of nitrogen functional groups attached to an aromatic ring is 1. The summed E-state index contributed by atoms with van der Waals surface area (Å²) in [6.45, 7) is 4.62. The summed E-state index contributed by atoms with van der Waals surface area (Å²) in [4.78, 5) is 0. The number of anilines is 1. The Kier molecular flexibility index (Phi) is 3.56. The second-order valence-corrected chi connectivity index (χ2v) is 4.93. The maximum Gasteiger partial charge on any atom is 0.241 e. The molecular weight excluding hydrogens is 329 g/mol. The smallest absolute Gasteiger partial charge is 0.241 e. The summed E-state index contributed by atoms with van der Waals surface area (Å²) in [5.41, 5.74) is 7.36. The van der Waals surface area contributed by atoms with Crippen LogP contribution in [0.5, 0.6) is 11.6 Å². The van der Waals surface area contributed by atoms with E-state index in [0.29, 0.717) is 11.6 Å². The minimum atomic E-state index is 0.603. The molecule has 0 aliphatic carbocycles. The lowest BCUT2D eigenvalue weighted by Crippen LogP contribution is -2.00. The monoisotopic (exact) mass is 343 g/mol. The van der Waals surface area contributed by atoms with E-state index in [4.69, 9.17) is 10.5 Å². The van der Waals surface area contributed by atoms with Gasteiger partial charge in [-0.3, -0.25) is 0 Å². The van der Waals surface area contributed by atoms with Crippen LogP contribution < -0.4 is 10.5 Å². The number of nitrogens with zero attached hydrogens (tertiary/aromatic N) is 2. The fourth-order valence-corrected chi connectivity index (χ4v) is 2.05. The van der Waals surface area contributed by atoms with Gasteiger partial charge in [-0.2, -0.15) is 5.10 Å². The maximum absolute atomic E-state index is 5.95. The normalized spacial score (nSPS) is 10.5. The van der Waals surface area contributed by atoms with Crippen molar-refractivity contribution in [1.82, 2.24) is 9.78 Å². The molecule has 0 unspecified atom stereocenters. The molecule has 0 aliphatic rings. The zero-order chi connectivity index (χ0) is 12.4. The zero-order valence-corrected chi connectivity index (χ0v) is 11.9. The van der Waals surface area contributed by atoms with Gasteiger partial charge in [-0.05, 0) is 54.6 Å². The van der Waals surface area contributed by atoms with E-state index in [2.05, 4.69) is 27.7 Å². The maximum atomic E-state index is 5.95. The van der Waals surface area contributed by atoms with Gasteiger partial charge in [0.2, 0.25) is 5.88 Å². The molecule has 2 N–H and O–H groups in total. The van der Waals surface area contributed by atoms with Crippen LogP contribution in [-0.4, -0.2) is 9.78 Å². The van der Waals surface area contributed by atoms with Gasteiger partial charge < -0.3 is 10.5 Å². The van der Waals surface area contributed by atoms with E-state index in [1.807, 2.05) is 38.1 Å². The standard InChI is InChI=1S/C12H14IN3O/c1-3-16-12(11(14)8(2)15-16)17-10-6-4-5-9(13)7-10/h4-7H,3,14H2,1-2H3.